The summed E-state index contributed by atoms with van der Waals surface area (Å²) in [4.78, 5) is 0. The minimum Gasteiger partial charge on any atom is -0.374 e. The molecule has 0 aliphatic rings. The summed E-state index contributed by atoms with van der Waals surface area (Å²) in [6.45, 7) is 1.95. The Kier molecular flexibility index (Phi) is 6.46. The zero-order chi connectivity index (χ0) is 14.4. The van der Waals surface area contributed by atoms with Gasteiger partial charge in [0.25, 0.3) is 5.60 Å². The summed E-state index contributed by atoms with van der Waals surface area (Å²) in [6, 6.07) is 0. The highest BCUT2D eigenvalue weighted by molar-refractivity contribution is 4.93. The van der Waals surface area contributed by atoms with Crippen LogP contribution in [0.3, 0.4) is 0 Å². The molecular formula is C11H18F6O. The fourth-order valence-corrected chi connectivity index (χ4v) is 1.61. The van der Waals surface area contributed by atoms with Crippen molar-refractivity contribution in [2.45, 2.75) is 69.8 Å². The van der Waals surface area contributed by atoms with E-state index >= 15 is 0 Å². The van der Waals surface area contributed by atoms with Gasteiger partial charge >= 0.3 is 12.4 Å². The van der Waals surface area contributed by atoms with Gasteiger partial charge in [0, 0.05) is 0 Å². The smallest absolute Gasteiger partial charge is 0.374 e. The van der Waals surface area contributed by atoms with E-state index in [1.165, 1.54) is 0 Å². The van der Waals surface area contributed by atoms with Gasteiger partial charge < -0.3 is 5.11 Å². The average molecular weight is 280 g/mol. The SMILES string of the molecule is CCCCCCCCC(O)(C(F)(F)F)C(F)(F)F. The largest absolute Gasteiger partial charge is 0.426 e. The number of aliphatic hydroxyl groups is 1. The van der Waals surface area contributed by atoms with Crippen LogP contribution in [0.2, 0.25) is 0 Å². The predicted octanol–water partition coefficient (Wildman–Crippen LogP) is 4.59. The maximum Gasteiger partial charge on any atom is 0.426 e. The van der Waals surface area contributed by atoms with Crippen molar-refractivity contribution in [3.05, 3.63) is 0 Å². The molecule has 0 bridgehead atoms. The number of unbranched alkanes of at least 4 members (excludes halogenated alkanes) is 5. The Hall–Kier alpha value is -0.460. The van der Waals surface area contributed by atoms with Gasteiger partial charge in [-0.1, -0.05) is 39.0 Å². The van der Waals surface area contributed by atoms with Crippen molar-refractivity contribution in [2.75, 3.05) is 0 Å². The van der Waals surface area contributed by atoms with E-state index in [0.717, 1.165) is 19.3 Å². The third-order valence-electron chi connectivity index (χ3n) is 2.83. The molecule has 110 valence electrons. The Balaban J connectivity index is 4.30. The molecule has 0 radical (unpaired) electrons. The lowest BCUT2D eigenvalue weighted by atomic mass is 9.94. The summed E-state index contributed by atoms with van der Waals surface area (Å²) >= 11 is 0. The molecule has 7 heteroatoms. The molecule has 1 nitrogen and oxygen atoms in total. The summed E-state index contributed by atoms with van der Waals surface area (Å²) in [5.41, 5.74) is -4.58. The van der Waals surface area contributed by atoms with Crippen LogP contribution in [-0.4, -0.2) is 23.1 Å². The quantitative estimate of drug-likeness (QED) is 0.534. The molecule has 1 N–H and O–H groups in total. The third-order valence-corrected chi connectivity index (χ3v) is 2.83. The van der Waals surface area contributed by atoms with Crippen molar-refractivity contribution in [1.82, 2.24) is 0 Å². The summed E-state index contributed by atoms with van der Waals surface area (Å²) in [5.74, 6) is 0. The van der Waals surface area contributed by atoms with E-state index in [9.17, 15) is 26.3 Å². The lowest BCUT2D eigenvalue weighted by Gasteiger charge is -2.32. The van der Waals surface area contributed by atoms with Crippen molar-refractivity contribution in [1.29, 1.82) is 0 Å². The lowest BCUT2D eigenvalue weighted by molar-refractivity contribution is -0.370. The van der Waals surface area contributed by atoms with Gasteiger partial charge in [0.15, 0.2) is 0 Å². The number of halogens is 6. The van der Waals surface area contributed by atoms with Gasteiger partial charge in [0.2, 0.25) is 0 Å². The van der Waals surface area contributed by atoms with Gasteiger partial charge in [-0.05, 0) is 12.8 Å². The molecule has 0 aromatic heterocycles. The van der Waals surface area contributed by atoms with Crippen LogP contribution in [0, 0.1) is 0 Å². The van der Waals surface area contributed by atoms with Gasteiger partial charge in [-0.3, -0.25) is 0 Å². The predicted molar refractivity (Wildman–Crippen MR) is 55.1 cm³/mol. The summed E-state index contributed by atoms with van der Waals surface area (Å²) in [6.07, 6.45) is -9.52. The van der Waals surface area contributed by atoms with Crippen LogP contribution in [0.25, 0.3) is 0 Å². The highest BCUT2D eigenvalue weighted by atomic mass is 19.4. The summed E-state index contributed by atoms with van der Waals surface area (Å²) in [7, 11) is 0. The van der Waals surface area contributed by atoms with Crippen molar-refractivity contribution in [3.63, 3.8) is 0 Å². The first-order valence-electron chi connectivity index (χ1n) is 5.92. The van der Waals surface area contributed by atoms with Crippen LogP contribution in [0.15, 0.2) is 0 Å². The van der Waals surface area contributed by atoms with Crippen LogP contribution >= 0.6 is 0 Å². The highest BCUT2D eigenvalue weighted by Crippen LogP contribution is 2.46. The molecule has 0 aromatic rings. The first-order valence-corrected chi connectivity index (χ1v) is 5.92. The van der Waals surface area contributed by atoms with E-state index < -0.39 is 24.4 Å². The number of hydrogen-bond donors (Lipinski definition) is 1. The van der Waals surface area contributed by atoms with Crippen LogP contribution in [0.5, 0.6) is 0 Å². The number of rotatable bonds is 7. The van der Waals surface area contributed by atoms with E-state index in [1.807, 2.05) is 6.92 Å². The second-order valence-electron chi connectivity index (χ2n) is 4.37. The minimum atomic E-state index is -5.69. The summed E-state index contributed by atoms with van der Waals surface area (Å²) in [5, 5.41) is 8.84. The van der Waals surface area contributed by atoms with Crippen molar-refractivity contribution < 1.29 is 31.4 Å². The Morgan fingerprint density at radius 1 is 0.722 bits per heavy atom. The van der Waals surface area contributed by atoms with Gasteiger partial charge in [0.1, 0.15) is 0 Å². The van der Waals surface area contributed by atoms with Crippen molar-refractivity contribution in [3.8, 4) is 0 Å². The Labute approximate surface area is 102 Å². The lowest BCUT2D eigenvalue weighted by Crippen LogP contribution is -2.56. The molecule has 0 amide bonds. The maximum absolute atomic E-state index is 12.3. The number of hydrogen-bond acceptors (Lipinski definition) is 1. The monoisotopic (exact) mass is 280 g/mol. The zero-order valence-corrected chi connectivity index (χ0v) is 10.2. The first-order chi connectivity index (χ1) is 8.06. The molecule has 0 saturated heterocycles. The van der Waals surface area contributed by atoms with Crippen molar-refractivity contribution >= 4 is 0 Å². The van der Waals surface area contributed by atoms with E-state index in [2.05, 4.69) is 0 Å². The van der Waals surface area contributed by atoms with Gasteiger partial charge in [-0.25, -0.2) is 0 Å². The van der Waals surface area contributed by atoms with Gasteiger partial charge in [-0.2, -0.15) is 26.3 Å². The molecule has 0 saturated carbocycles. The third kappa shape index (κ3) is 4.66. The molecule has 0 heterocycles. The van der Waals surface area contributed by atoms with E-state index in [0.29, 0.717) is 6.42 Å². The molecule has 0 unspecified atom stereocenters. The van der Waals surface area contributed by atoms with Crippen LogP contribution in [0.4, 0.5) is 26.3 Å². The molecule has 18 heavy (non-hydrogen) atoms. The normalized spacial score (nSPS) is 14.0. The molecule has 0 aliphatic heterocycles. The van der Waals surface area contributed by atoms with E-state index in [-0.39, 0.29) is 12.8 Å². The molecule has 0 spiro atoms. The Bertz CT molecular complexity index is 219. The molecule has 0 aromatic carbocycles. The second kappa shape index (κ2) is 6.63. The highest BCUT2D eigenvalue weighted by Gasteiger charge is 2.69. The number of alkyl halides is 6. The van der Waals surface area contributed by atoms with Crippen LogP contribution < -0.4 is 0 Å². The zero-order valence-electron chi connectivity index (χ0n) is 10.2. The molecular weight excluding hydrogens is 262 g/mol. The standard InChI is InChI=1S/C11H18F6O/c1-2-3-4-5-6-7-8-9(18,10(12,13)14)11(15,16)17/h18H,2-8H2,1H3. The first kappa shape index (κ1) is 17.5. The average Bonchev–Trinajstić information content (AvgIpc) is 2.19. The minimum absolute atomic E-state index is 0.258. The van der Waals surface area contributed by atoms with Gasteiger partial charge in [0.05, 0.1) is 0 Å². The molecule has 0 aliphatic carbocycles. The fourth-order valence-electron chi connectivity index (χ4n) is 1.61. The Morgan fingerprint density at radius 2 is 1.11 bits per heavy atom. The van der Waals surface area contributed by atoms with E-state index in [4.69, 9.17) is 5.11 Å². The molecule has 0 fully saturated rings. The fraction of sp³-hybridized carbons (Fsp3) is 1.00. The van der Waals surface area contributed by atoms with Crippen molar-refractivity contribution in [2.24, 2.45) is 0 Å². The second-order valence-corrected chi connectivity index (χ2v) is 4.37. The summed E-state index contributed by atoms with van der Waals surface area (Å²) < 4.78 is 73.6. The Morgan fingerprint density at radius 3 is 1.50 bits per heavy atom. The topological polar surface area (TPSA) is 20.2 Å². The van der Waals surface area contributed by atoms with E-state index in [1.54, 1.807) is 0 Å². The maximum atomic E-state index is 12.3. The van der Waals surface area contributed by atoms with Crippen LogP contribution in [0.1, 0.15) is 51.9 Å². The van der Waals surface area contributed by atoms with Gasteiger partial charge in [-0.15, -0.1) is 0 Å². The van der Waals surface area contributed by atoms with Crippen LogP contribution in [-0.2, 0) is 0 Å². The molecule has 0 atom stereocenters. The molecule has 0 rings (SSSR count).